The van der Waals surface area contributed by atoms with E-state index in [4.69, 9.17) is 4.52 Å². The zero-order valence-electron chi connectivity index (χ0n) is 14.3. The van der Waals surface area contributed by atoms with Gasteiger partial charge in [-0.1, -0.05) is 35.5 Å². The van der Waals surface area contributed by atoms with E-state index in [1.54, 1.807) is 12.1 Å². The van der Waals surface area contributed by atoms with Gasteiger partial charge in [-0.05, 0) is 42.7 Å². The number of amides is 1. The second kappa shape index (κ2) is 7.12. The van der Waals surface area contributed by atoms with Crippen LogP contribution >= 0.6 is 0 Å². The van der Waals surface area contributed by atoms with Crippen LogP contribution in [0.3, 0.4) is 0 Å². The van der Waals surface area contributed by atoms with E-state index in [0.29, 0.717) is 31.7 Å². The molecule has 0 fully saturated rings. The first-order chi connectivity index (χ1) is 12.7. The third-order valence-corrected chi connectivity index (χ3v) is 4.77. The summed E-state index contributed by atoms with van der Waals surface area (Å²) in [6.07, 6.45) is 1.92. The van der Waals surface area contributed by atoms with Crippen LogP contribution in [0.15, 0.2) is 59.1 Å². The summed E-state index contributed by atoms with van der Waals surface area (Å²) in [5, 5.41) is 4.14. The van der Waals surface area contributed by atoms with Gasteiger partial charge in [0.1, 0.15) is 11.5 Å². The minimum atomic E-state index is -0.280. The minimum Gasteiger partial charge on any atom is -0.356 e. The van der Waals surface area contributed by atoms with Crippen molar-refractivity contribution < 1.29 is 13.7 Å². The SMILES string of the molecule is O=C(CCc1ccccc1)N1CCc2c(noc2-c2ccc(F)cc2)C1. The lowest BCUT2D eigenvalue weighted by molar-refractivity contribution is -0.132. The predicted octanol–water partition coefficient (Wildman–Crippen LogP) is 4.00. The summed E-state index contributed by atoms with van der Waals surface area (Å²) in [6.45, 7) is 1.11. The van der Waals surface area contributed by atoms with Crippen molar-refractivity contribution in [1.29, 1.82) is 0 Å². The topological polar surface area (TPSA) is 46.3 Å². The van der Waals surface area contributed by atoms with Crippen LogP contribution in [0.5, 0.6) is 0 Å². The summed E-state index contributed by atoms with van der Waals surface area (Å²) < 4.78 is 18.6. The van der Waals surface area contributed by atoms with E-state index >= 15 is 0 Å². The van der Waals surface area contributed by atoms with E-state index in [-0.39, 0.29) is 11.7 Å². The number of hydrogen-bond donors (Lipinski definition) is 0. The van der Waals surface area contributed by atoms with Gasteiger partial charge in [-0.25, -0.2) is 4.39 Å². The fourth-order valence-electron chi connectivity index (χ4n) is 3.33. The molecule has 132 valence electrons. The Labute approximate surface area is 151 Å². The largest absolute Gasteiger partial charge is 0.356 e. The predicted molar refractivity (Wildman–Crippen MR) is 95.8 cm³/mol. The Morgan fingerprint density at radius 3 is 2.65 bits per heavy atom. The molecule has 0 aliphatic carbocycles. The maximum Gasteiger partial charge on any atom is 0.223 e. The third kappa shape index (κ3) is 3.38. The molecule has 0 spiro atoms. The quantitative estimate of drug-likeness (QED) is 0.714. The van der Waals surface area contributed by atoms with Crippen molar-refractivity contribution in [2.75, 3.05) is 6.54 Å². The number of fused-ring (bicyclic) bond motifs is 1. The molecule has 1 amide bonds. The van der Waals surface area contributed by atoms with Crippen molar-refractivity contribution >= 4 is 5.91 Å². The summed E-state index contributed by atoms with van der Waals surface area (Å²) in [5.74, 6) is 0.527. The van der Waals surface area contributed by atoms with E-state index in [1.165, 1.54) is 17.7 Å². The average Bonchev–Trinajstić information content (AvgIpc) is 3.11. The standard InChI is InChI=1S/C21H19FN2O2/c22-17-9-7-16(8-10-17)21-18-12-13-24(14-19(18)23-26-21)20(25)11-6-15-4-2-1-3-5-15/h1-5,7-10H,6,11-14H2. The monoisotopic (exact) mass is 350 g/mol. The number of nitrogens with zero attached hydrogens (tertiary/aromatic N) is 2. The summed E-state index contributed by atoms with van der Waals surface area (Å²) in [5.41, 5.74) is 3.79. The summed E-state index contributed by atoms with van der Waals surface area (Å²) >= 11 is 0. The number of rotatable bonds is 4. The number of benzene rings is 2. The molecule has 0 bridgehead atoms. The maximum atomic E-state index is 13.1. The molecule has 0 N–H and O–H groups in total. The first-order valence-corrected chi connectivity index (χ1v) is 8.76. The molecule has 0 unspecified atom stereocenters. The van der Waals surface area contributed by atoms with E-state index < -0.39 is 0 Å². The highest BCUT2D eigenvalue weighted by Crippen LogP contribution is 2.30. The van der Waals surface area contributed by atoms with Crippen molar-refractivity contribution in [3.05, 3.63) is 77.2 Å². The Morgan fingerprint density at radius 2 is 1.88 bits per heavy atom. The van der Waals surface area contributed by atoms with Gasteiger partial charge >= 0.3 is 0 Å². The van der Waals surface area contributed by atoms with Crippen LogP contribution in [0.2, 0.25) is 0 Å². The van der Waals surface area contributed by atoms with Crippen LogP contribution in [0.1, 0.15) is 23.2 Å². The third-order valence-electron chi connectivity index (χ3n) is 4.77. The van der Waals surface area contributed by atoms with Crippen molar-refractivity contribution in [3.63, 3.8) is 0 Å². The molecule has 0 atom stereocenters. The average molecular weight is 350 g/mol. The first kappa shape index (κ1) is 16.5. The molecule has 1 aliphatic heterocycles. The number of halogens is 1. The van der Waals surface area contributed by atoms with Gasteiger partial charge in [0.05, 0.1) is 6.54 Å². The fourth-order valence-corrected chi connectivity index (χ4v) is 3.33. The van der Waals surface area contributed by atoms with Crippen LogP contribution in [0.25, 0.3) is 11.3 Å². The Hall–Kier alpha value is -2.95. The Balaban J connectivity index is 1.43. The molecular formula is C21H19FN2O2. The van der Waals surface area contributed by atoms with E-state index in [9.17, 15) is 9.18 Å². The highest BCUT2D eigenvalue weighted by atomic mass is 19.1. The molecule has 0 saturated heterocycles. The van der Waals surface area contributed by atoms with Gasteiger partial charge in [0.15, 0.2) is 5.76 Å². The molecule has 1 aromatic heterocycles. The van der Waals surface area contributed by atoms with Gasteiger partial charge in [-0.2, -0.15) is 0 Å². The highest BCUT2D eigenvalue weighted by molar-refractivity contribution is 5.77. The van der Waals surface area contributed by atoms with Crippen molar-refractivity contribution in [3.8, 4) is 11.3 Å². The lowest BCUT2D eigenvalue weighted by atomic mass is 10.00. The highest BCUT2D eigenvalue weighted by Gasteiger charge is 2.27. The molecule has 2 aromatic carbocycles. The lowest BCUT2D eigenvalue weighted by Crippen LogP contribution is -2.36. The van der Waals surface area contributed by atoms with Crippen molar-refractivity contribution in [1.82, 2.24) is 10.1 Å². The molecule has 1 aliphatic rings. The Bertz CT molecular complexity index is 904. The summed E-state index contributed by atoms with van der Waals surface area (Å²) in [4.78, 5) is 14.4. The maximum absolute atomic E-state index is 13.1. The number of aromatic nitrogens is 1. The van der Waals surface area contributed by atoms with E-state index in [2.05, 4.69) is 5.16 Å². The lowest BCUT2D eigenvalue weighted by Gasteiger charge is -2.26. The van der Waals surface area contributed by atoms with Crippen molar-refractivity contribution in [2.45, 2.75) is 25.8 Å². The Kier molecular flexibility index (Phi) is 4.52. The summed E-state index contributed by atoms with van der Waals surface area (Å²) in [6, 6.07) is 16.2. The van der Waals surface area contributed by atoms with Crippen LogP contribution in [0, 0.1) is 5.82 Å². The number of carbonyl (C=O) groups excluding carboxylic acids is 1. The summed E-state index contributed by atoms with van der Waals surface area (Å²) in [7, 11) is 0. The van der Waals surface area contributed by atoms with Gasteiger partial charge in [0.2, 0.25) is 5.91 Å². The number of hydrogen-bond acceptors (Lipinski definition) is 3. The second-order valence-corrected chi connectivity index (χ2v) is 6.49. The normalized spacial score (nSPS) is 13.5. The molecule has 26 heavy (non-hydrogen) atoms. The molecule has 2 heterocycles. The fraction of sp³-hybridized carbons (Fsp3) is 0.238. The number of aryl methyl sites for hydroxylation is 1. The van der Waals surface area contributed by atoms with Gasteiger partial charge in [-0.15, -0.1) is 0 Å². The molecular weight excluding hydrogens is 331 g/mol. The van der Waals surface area contributed by atoms with E-state index in [1.807, 2.05) is 35.2 Å². The van der Waals surface area contributed by atoms with E-state index in [0.717, 1.165) is 23.2 Å². The van der Waals surface area contributed by atoms with Crippen LogP contribution in [-0.2, 0) is 24.2 Å². The molecule has 5 heteroatoms. The zero-order chi connectivity index (χ0) is 17.9. The zero-order valence-corrected chi connectivity index (χ0v) is 14.3. The smallest absolute Gasteiger partial charge is 0.223 e. The molecule has 0 radical (unpaired) electrons. The van der Waals surface area contributed by atoms with Crippen molar-refractivity contribution in [2.24, 2.45) is 0 Å². The molecule has 3 aromatic rings. The second-order valence-electron chi connectivity index (χ2n) is 6.49. The van der Waals surface area contributed by atoms with Gasteiger partial charge in [0.25, 0.3) is 0 Å². The van der Waals surface area contributed by atoms with Gasteiger partial charge < -0.3 is 9.42 Å². The number of carbonyl (C=O) groups is 1. The van der Waals surface area contributed by atoms with Crippen LogP contribution in [0.4, 0.5) is 4.39 Å². The Morgan fingerprint density at radius 1 is 1.12 bits per heavy atom. The van der Waals surface area contributed by atoms with Crippen LogP contribution in [-0.4, -0.2) is 22.5 Å². The van der Waals surface area contributed by atoms with Gasteiger partial charge in [0, 0.05) is 24.1 Å². The van der Waals surface area contributed by atoms with Gasteiger partial charge in [-0.3, -0.25) is 4.79 Å². The van der Waals surface area contributed by atoms with Crippen LogP contribution < -0.4 is 0 Å². The first-order valence-electron chi connectivity index (χ1n) is 8.76. The molecule has 4 rings (SSSR count). The molecule has 4 nitrogen and oxygen atoms in total. The molecule has 0 saturated carbocycles. The minimum absolute atomic E-state index is 0.130.